The Hall–Kier alpha value is -0.990. The Labute approximate surface area is 48.9 Å². The molecule has 0 fully saturated rings. The van der Waals surface area contributed by atoms with Crippen LogP contribution < -0.4 is 5.73 Å². The van der Waals surface area contributed by atoms with Crippen LogP contribution in [0.25, 0.3) is 0 Å². The van der Waals surface area contributed by atoms with Gasteiger partial charge in [-0.05, 0) is 6.92 Å². The highest BCUT2D eigenvalue weighted by Crippen LogP contribution is 1.74. The molecule has 8 heavy (non-hydrogen) atoms. The lowest BCUT2D eigenvalue weighted by molar-refractivity contribution is 0.462. The van der Waals surface area contributed by atoms with Crippen LogP contribution in [0.2, 0.25) is 0 Å². The average molecular weight is 114 g/mol. The fourth-order valence-corrected chi connectivity index (χ4v) is 0.190. The van der Waals surface area contributed by atoms with Gasteiger partial charge in [-0.25, -0.2) is 4.99 Å². The van der Waals surface area contributed by atoms with E-state index in [0.717, 1.165) is 0 Å². The van der Waals surface area contributed by atoms with Crippen molar-refractivity contribution in [2.24, 2.45) is 10.7 Å². The highest BCUT2D eigenvalue weighted by atomic mass is 16.5. The molecule has 0 bridgehead atoms. The van der Waals surface area contributed by atoms with Crippen molar-refractivity contribution in [3.05, 3.63) is 12.3 Å². The Kier molecular flexibility index (Phi) is 3.66. The summed E-state index contributed by atoms with van der Waals surface area (Å²) in [6.45, 7) is 1.84. The predicted molar refractivity (Wildman–Crippen MR) is 33.4 cm³/mol. The second kappa shape index (κ2) is 4.18. The van der Waals surface area contributed by atoms with Gasteiger partial charge in [-0.3, -0.25) is 0 Å². The maximum atomic E-state index is 5.14. The van der Waals surface area contributed by atoms with Gasteiger partial charge in [-0.1, -0.05) is 6.08 Å². The van der Waals surface area contributed by atoms with E-state index in [9.17, 15) is 0 Å². The van der Waals surface area contributed by atoms with E-state index in [1.54, 1.807) is 13.1 Å². The van der Waals surface area contributed by atoms with E-state index in [4.69, 9.17) is 5.73 Å². The van der Waals surface area contributed by atoms with Crippen molar-refractivity contribution in [1.82, 2.24) is 0 Å². The normalized spacial score (nSPS) is 12.5. The molecular formula is C5H10N2O. The molecule has 0 radical (unpaired) electrons. The zero-order valence-corrected chi connectivity index (χ0v) is 5.09. The summed E-state index contributed by atoms with van der Waals surface area (Å²) in [5, 5.41) is 0. The van der Waals surface area contributed by atoms with Crippen molar-refractivity contribution in [2.75, 3.05) is 7.05 Å². The predicted octanol–water partition coefficient (Wildman–Crippen LogP) is 0.481. The van der Waals surface area contributed by atoms with Gasteiger partial charge in [0.25, 0.3) is 6.02 Å². The van der Waals surface area contributed by atoms with E-state index in [1.165, 1.54) is 6.26 Å². The van der Waals surface area contributed by atoms with Crippen LogP contribution in [-0.4, -0.2) is 13.1 Å². The second-order valence-electron chi connectivity index (χ2n) is 1.15. The molecule has 0 saturated heterocycles. The molecule has 0 rings (SSSR count). The molecule has 0 unspecified atom stereocenters. The number of hydrogen-bond acceptors (Lipinski definition) is 2. The Bertz CT molecular complexity index is 107. The third-order valence-corrected chi connectivity index (χ3v) is 0.545. The van der Waals surface area contributed by atoms with E-state index >= 15 is 0 Å². The van der Waals surface area contributed by atoms with Crippen molar-refractivity contribution >= 4 is 6.02 Å². The van der Waals surface area contributed by atoms with Gasteiger partial charge in [0.05, 0.1) is 6.26 Å². The van der Waals surface area contributed by atoms with E-state index in [0.29, 0.717) is 0 Å². The molecule has 0 spiro atoms. The minimum Gasteiger partial charge on any atom is -0.435 e. The van der Waals surface area contributed by atoms with Gasteiger partial charge in [0.2, 0.25) is 0 Å². The lowest BCUT2D eigenvalue weighted by atomic mass is 10.7. The summed E-state index contributed by atoms with van der Waals surface area (Å²) in [5.41, 5.74) is 5.14. The molecule has 0 aliphatic rings. The number of nitrogens with two attached hydrogens (primary N) is 1. The van der Waals surface area contributed by atoms with E-state index < -0.39 is 0 Å². The third kappa shape index (κ3) is 3.21. The number of hydrogen-bond donors (Lipinski definition) is 1. The standard InChI is InChI=1S/C5H10N2O/c1-3-4-8-5(6)7-2/h3-4H,1-2H3,(H2,6,7)/b4-3-. The second-order valence-corrected chi connectivity index (χ2v) is 1.15. The van der Waals surface area contributed by atoms with Gasteiger partial charge >= 0.3 is 0 Å². The van der Waals surface area contributed by atoms with Gasteiger partial charge < -0.3 is 10.5 Å². The monoisotopic (exact) mass is 114 g/mol. The first-order valence-electron chi connectivity index (χ1n) is 2.31. The quantitative estimate of drug-likeness (QED) is 0.306. The van der Waals surface area contributed by atoms with E-state index in [-0.39, 0.29) is 6.02 Å². The summed E-state index contributed by atoms with van der Waals surface area (Å²) in [4.78, 5) is 3.55. The summed E-state index contributed by atoms with van der Waals surface area (Å²) in [5.74, 6) is 0. The molecule has 0 aliphatic carbocycles. The molecule has 46 valence electrons. The van der Waals surface area contributed by atoms with Gasteiger partial charge in [0, 0.05) is 7.05 Å². The third-order valence-electron chi connectivity index (χ3n) is 0.545. The Morgan fingerprint density at radius 2 is 2.38 bits per heavy atom. The lowest BCUT2D eigenvalue weighted by Crippen LogP contribution is -2.12. The molecular weight excluding hydrogens is 104 g/mol. The van der Waals surface area contributed by atoms with Gasteiger partial charge in [0.15, 0.2) is 0 Å². The number of ether oxygens (including phenoxy) is 1. The SMILES string of the molecule is C/C=C\OC(N)=NC. The topological polar surface area (TPSA) is 47.6 Å². The van der Waals surface area contributed by atoms with Crippen LogP contribution in [0.1, 0.15) is 6.92 Å². The molecule has 3 nitrogen and oxygen atoms in total. The first-order valence-corrected chi connectivity index (χ1v) is 2.31. The molecule has 0 aromatic heterocycles. The van der Waals surface area contributed by atoms with E-state index in [2.05, 4.69) is 9.73 Å². The van der Waals surface area contributed by atoms with Crippen LogP contribution in [-0.2, 0) is 4.74 Å². The van der Waals surface area contributed by atoms with E-state index in [1.807, 2.05) is 6.92 Å². The number of rotatable bonds is 1. The fraction of sp³-hybridized carbons (Fsp3) is 0.400. The minimum atomic E-state index is 0.183. The molecule has 0 aromatic carbocycles. The zero-order valence-electron chi connectivity index (χ0n) is 5.09. The van der Waals surface area contributed by atoms with Gasteiger partial charge in [0.1, 0.15) is 0 Å². The molecule has 0 aromatic rings. The van der Waals surface area contributed by atoms with Crippen LogP contribution in [0.5, 0.6) is 0 Å². The van der Waals surface area contributed by atoms with Crippen molar-refractivity contribution in [1.29, 1.82) is 0 Å². The van der Waals surface area contributed by atoms with Gasteiger partial charge in [-0.2, -0.15) is 0 Å². The van der Waals surface area contributed by atoms with Crippen molar-refractivity contribution in [2.45, 2.75) is 6.92 Å². The summed E-state index contributed by atoms with van der Waals surface area (Å²) in [6, 6.07) is 0.183. The Morgan fingerprint density at radius 1 is 1.75 bits per heavy atom. The Morgan fingerprint density at radius 3 is 2.75 bits per heavy atom. The highest BCUT2D eigenvalue weighted by Gasteiger charge is 1.79. The first-order chi connectivity index (χ1) is 3.81. The molecule has 0 atom stereocenters. The van der Waals surface area contributed by atoms with Crippen molar-refractivity contribution < 1.29 is 4.74 Å². The zero-order chi connectivity index (χ0) is 6.41. The Balaban J connectivity index is 3.40. The number of aliphatic imine (C=N–C) groups is 1. The van der Waals surface area contributed by atoms with Crippen molar-refractivity contribution in [3.8, 4) is 0 Å². The largest absolute Gasteiger partial charge is 0.435 e. The van der Waals surface area contributed by atoms with Crippen LogP contribution in [0.3, 0.4) is 0 Å². The van der Waals surface area contributed by atoms with Crippen molar-refractivity contribution in [3.63, 3.8) is 0 Å². The summed E-state index contributed by atoms with van der Waals surface area (Å²) < 4.78 is 4.69. The molecule has 2 N–H and O–H groups in total. The summed E-state index contributed by atoms with van der Waals surface area (Å²) >= 11 is 0. The highest BCUT2D eigenvalue weighted by molar-refractivity contribution is 5.71. The number of amidine groups is 1. The van der Waals surface area contributed by atoms with Crippen LogP contribution in [0, 0.1) is 0 Å². The summed E-state index contributed by atoms with van der Waals surface area (Å²) in [6.07, 6.45) is 3.21. The molecule has 0 amide bonds. The summed E-state index contributed by atoms with van der Waals surface area (Å²) in [7, 11) is 1.57. The van der Waals surface area contributed by atoms with Crippen LogP contribution in [0.15, 0.2) is 17.3 Å². The maximum Gasteiger partial charge on any atom is 0.286 e. The fourth-order valence-electron chi connectivity index (χ4n) is 0.190. The molecule has 0 aliphatic heterocycles. The molecule has 3 heteroatoms. The minimum absolute atomic E-state index is 0.183. The maximum absolute atomic E-state index is 5.14. The number of allylic oxidation sites excluding steroid dienone is 1. The first kappa shape index (κ1) is 7.01. The van der Waals surface area contributed by atoms with Crippen LogP contribution in [0.4, 0.5) is 0 Å². The lowest BCUT2D eigenvalue weighted by Gasteiger charge is -1.92. The molecule has 0 heterocycles. The van der Waals surface area contributed by atoms with Gasteiger partial charge in [-0.15, -0.1) is 0 Å². The molecule has 0 saturated carbocycles. The number of nitrogens with zero attached hydrogens (tertiary/aromatic N) is 1. The average Bonchev–Trinajstić information content (AvgIpc) is 1.83. The van der Waals surface area contributed by atoms with Crippen LogP contribution >= 0.6 is 0 Å². The smallest absolute Gasteiger partial charge is 0.286 e.